The van der Waals surface area contributed by atoms with Gasteiger partial charge in [-0.15, -0.1) is 0 Å². The van der Waals surface area contributed by atoms with Crippen LogP contribution in [0.3, 0.4) is 0 Å². The number of aryl methyl sites for hydroxylation is 1. The summed E-state index contributed by atoms with van der Waals surface area (Å²) in [4.78, 5) is 2.48. The molecule has 2 heteroatoms. The molecule has 0 spiro atoms. The lowest BCUT2D eigenvalue weighted by Gasteiger charge is -2.23. The molecule has 0 aliphatic carbocycles. The first-order chi connectivity index (χ1) is 8.20. The van der Waals surface area contributed by atoms with Crippen LogP contribution in [-0.2, 0) is 6.61 Å². The van der Waals surface area contributed by atoms with Gasteiger partial charge in [-0.1, -0.05) is 13.0 Å². The van der Waals surface area contributed by atoms with Crippen molar-refractivity contribution in [1.82, 2.24) is 0 Å². The van der Waals surface area contributed by atoms with E-state index in [1.165, 1.54) is 43.6 Å². The van der Waals surface area contributed by atoms with Crippen molar-refractivity contribution in [3.05, 3.63) is 29.3 Å². The Balaban J connectivity index is 2.13. The number of aliphatic hydroxyl groups is 1. The average Bonchev–Trinajstić information content (AvgIpc) is 2.54. The first kappa shape index (κ1) is 12.4. The largest absolute Gasteiger partial charge is 0.392 e. The molecule has 1 heterocycles. The highest BCUT2D eigenvalue weighted by Crippen LogP contribution is 2.24. The van der Waals surface area contributed by atoms with Crippen LogP contribution in [0.5, 0.6) is 0 Å². The number of hydrogen-bond acceptors (Lipinski definition) is 2. The van der Waals surface area contributed by atoms with E-state index < -0.39 is 0 Å². The molecule has 1 unspecified atom stereocenters. The summed E-state index contributed by atoms with van der Waals surface area (Å²) >= 11 is 0. The van der Waals surface area contributed by atoms with E-state index in [9.17, 15) is 5.11 Å². The van der Waals surface area contributed by atoms with Crippen molar-refractivity contribution < 1.29 is 5.11 Å². The molecule has 0 amide bonds. The molecule has 2 rings (SSSR count). The summed E-state index contributed by atoms with van der Waals surface area (Å²) < 4.78 is 0. The van der Waals surface area contributed by atoms with Gasteiger partial charge in [0.2, 0.25) is 0 Å². The topological polar surface area (TPSA) is 23.5 Å². The van der Waals surface area contributed by atoms with E-state index in [0.717, 1.165) is 11.5 Å². The standard InChI is InChI=1S/C15H23NO/c1-12-4-3-8-16(9-7-12)15-6-5-14(11-17)13(2)10-15/h5-6,10,12,17H,3-4,7-9,11H2,1-2H3. The predicted octanol–water partition coefficient (Wildman–Crippen LogP) is 3.11. The molecule has 2 nitrogen and oxygen atoms in total. The fourth-order valence-electron chi connectivity index (χ4n) is 2.58. The number of benzene rings is 1. The molecule has 1 saturated heterocycles. The summed E-state index contributed by atoms with van der Waals surface area (Å²) in [5, 5.41) is 9.19. The third kappa shape index (κ3) is 3.01. The van der Waals surface area contributed by atoms with Gasteiger partial charge in [-0.05, 0) is 55.4 Å². The van der Waals surface area contributed by atoms with Gasteiger partial charge in [0.25, 0.3) is 0 Å². The number of nitrogens with zero attached hydrogens (tertiary/aromatic N) is 1. The second-order valence-electron chi connectivity index (χ2n) is 5.29. The lowest BCUT2D eigenvalue weighted by Crippen LogP contribution is -2.24. The summed E-state index contributed by atoms with van der Waals surface area (Å²) in [6.45, 7) is 6.91. The molecule has 1 aromatic carbocycles. The lowest BCUT2D eigenvalue weighted by molar-refractivity contribution is 0.281. The zero-order valence-electron chi connectivity index (χ0n) is 10.9. The maximum atomic E-state index is 9.19. The fourth-order valence-corrected chi connectivity index (χ4v) is 2.58. The first-order valence-electron chi connectivity index (χ1n) is 6.66. The number of aliphatic hydroxyl groups excluding tert-OH is 1. The molecule has 0 radical (unpaired) electrons. The van der Waals surface area contributed by atoms with Crippen LogP contribution in [0.15, 0.2) is 18.2 Å². The molecule has 1 atom stereocenters. The minimum atomic E-state index is 0.142. The normalized spacial score (nSPS) is 21.4. The van der Waals surface area contributed by atoms with Gasteiger partial charge in [0.1, 0.15) is 0 Å². The van der Waals surface area contributed by atoms with Gasteiger partial charge in [0.15, 0.2) is 0 Å². The maximum Gasteiger partial charge on any atom is 0.0684 e. The third-order valence-corrected chi connectivity index (χ3v) is 3.88. The van der Waals surface area contributed by atoms with Gasteiger partial charge in [-0.2, -0.15) is 0 Å². The summed E-state index contributed by atoms with van der Waals surface area (Å²) in [5.74, 6) is 0.859. The fraction of sp³-hybridized carbons (Fsp3) is 0.600. The van der Waals surface area contributed by atoms with Crippen LogP contribution >= 0.6 is 0 Å². The lowest BCUT2D eigenvalue weighted by atomic mass is 10.0. The molecule has 1 N–H and O–H groups in total. The van der Waals surface area contributed by atoms with Crippen molar-refractivity contribution in [1.29, 1.82) is 0 Å². The van der Waals surface area contributed by atoms with E-state index in [-0.39, 0.29) is 6.61 Å². The van der Waals surface area contributed by atoms with Gasteiger partial charge in [0, 0.05) is 18.8 Å². The number of hydrogen-bond donors (Lipinski definition) is 1. The second-order valence-corrected chi connectivity index (χ2v) is 5.29. The zero-order valence-corrected chi connectivity index (χ0v) is 10.9. The van der Waals surface area contributed by atoms with Crippen molar-refractivity contribution in [2.75, 3.05) is 18.0 Å². The summed E-state index contributed by atoms with van der Waals surface area (Å²) in [5.41, 5.74) is 3.55. The molecular formula is C15H23NO. The molecule has 0 bridgehead atoms. The molecular weight excluding hydrogens is 210 g/mol. The van der Waals surface area contributed by atoms with E-state index in [4.69, 9.17) is 0 Å². The Morgan fingerprint density at radius 2 is 2.12 bits per heavy atom. The first-order valence-corrected chi connectivity index (χ1v) is 6.66. The van der Waals surface area contributed by atoms with Crippen LogP contribution in [0.25, 0.3) is 0 Å². The van der Waals surface area contributed by atoms with E-state index in [0.29, 0.717) is 0 Å². The minimum Gasteiger partial charge on any atom is -0.392 e. The Hall–Kier alpha value is -1.02. The van der Waals surface area contributed by atoms with E-state index in [1.54, 1.807) is 0 Å². The Morgan fingerprint density at radius 3 is 2.82 bits per heavy atom. The number of anilines is 1. The van der Waals surface area contributed by atoms with Crippen molar-refractivity contribution in [2.45, 2.75) is 39.7 Å². The summed E-state index contributed by atoms with van der Waals surface area (Å²) in [7, 11) is 0. The Kier molecular flexibility index (Phi) is 4.06. The highest BCUT2D eigenvalue weighted by atomic mass is 16.3. The second kappa shape index (κ2) is 5.54. The van der Waals surface area contributed by atoms with Crippen LogP contribution in [0, 0.1) is 12.8 Å². The molecule has 17 heavy (non-hydrogen) atoms. The van der Waals surface area contributed by atoms with Gasteiger partial charge >= 0.3 is 0 Å². The van der Waals surface area contributed by atoms with Gasteiger partial charge in [0.05, 0.1) is 6.61 Å². The predicted molar refractivity (Wildman–Crippen MR) is 72.3 cm³/mol. The number of rotatable bonds is 2. The van der Waals surface area contributed by atoms with Gasteiger partial charge < -0.3 is 10.0 Å². The zero-order chi connectivity index (χ0) is 12.3. The third-order valence-electron chi connectivity index (χ3n) is 3.88. The van der Waals surface area contributed by atoms with Crippen molar-refractivity contribution >= 4 is 5.69 Å². The van der Waals surface area contributed by atoms with Gasteiger partial charge in [-0.3, -0.25) is 0 Å². The van der Waals surface area contributed by atoms with Crippen molar-refractivity contribution in [3.63, 3.8) is 0 Å². The van der Waals surface area contributed by atoms with Crippen LogP contribution in [0.1, 0.15) is 37.3 Å². The maximum absolute atomic E-state index is 9.19. The highest BCUT2D eigenvalue weighted by Gasteiger charge is 2.14. The van der Waals surface area contributed by atoms with Crippen molar-refractivity contribution in [3.8, 4) is 0 Å². The van der Waals surface area contributed by atoms with Crippen LogP contribution in [0.4, 0.5) is 5.69 Å². The van der Waals surface area contributed by atoms with Crippen LogP contribution < -0.4 is 4.90 Å². The summed E-state index contributed by atoms with van der Waals surface area (Å²) in [6, 6.07) is 6.41. The van der Waals surface area contributed by atoms with E-state index in [1.807, 2.05) is 0 Å². The Morgan fingerprint density at radius 1 is 1.29 bits per heavy atom. The summed E-state index contributed by atoms with van der Waals surface area (Å²) in [6.07, 6.45) is 3.94. The van der Waals surface area contributed by atoms with Gasteiger partial charge in [-0.25, -0.2) is 0 Å². The molecule has 0 saturated carbocycles. The Bertz CT molecular complexity index is 375. The van der Waals surface area contributed by atoms with Crippen LogP contribution in [0.2, 0.25) is 0 Å². The molecule has 94 valence electrons. The van der Waals surface area contributed by atoms with E-state index >= 15 is 0 Å². The van der Waals surface area contributed by atoms with E-state index in [2.05, 4.69) is 36.9 Å². The molecule has 1 aliphatic rings. The molecule has 1 aromatic rings. The quantitative estimate of drug-likeness (QED) is 0.848. The monoisotopic (exact) mass is 233 g/mol. The average molecular weight is 233 g/mol. The highest BCUT2D eigenvalue weighted by molar-refractivity contribution is 5.50. The molecule has 1 fully saturated rings. The SMILES string of the molecule is Cc1cc(N2CCCC(C)CC2)ccc1CO. The minimum absolute atomic E-state index is 0.142. The smallest absolute Gasteiger partial charge is 0.0684 e. The van der Waals surface area contributed by atoms with Crippen LogP contribution in [-0.4, -0.2) is 18.2 Å². The Labute approximate surface area is 104 Å². The van der Waals surface area contributed by atoms with Crippen molar-refractivity contribution in [2.24, 2.45) is 5.92 Å². The molecule has 1 aliphatic heterocycles. The molecule has 0 aromatic heterocycles.